The Morgan fingerprint density at radius 1 is 1.40 bits per heavy atom. The van der Waals surface area contributed by atoms with Gasteiger partial charge in [0.1, 0.15) is 0 Å². The molecule has 2 amide bonds. The molecule has 1 fully saturated rings. The third-order valence-electron chi connectivity index (χ3n) is 3.80. The van der Waals surface area contributed by atoms with Crippen LogP contribution in [0.4, 0.5) is 5.69 Å². The minimum atomic E-state index is -0.537. The maximum Gasteiger partial charge on any atom is 0.250 e. The highest BCUT2D eigenvalue weighted by atomic mass is 16.2. The second-order valence-corrected chi connectivity index (χ2v) is 5.23. The lowest BCUT2D eigenvalue weighted by atomic mass is 9.90. The largest absolute Gasteiger partial charge is 0.366 e. The van der Waals surface area contributed by atoms with E-state index in [2.05, 4.69) is 17.6 Å². The first-order valence-corrected chi connectivity index (χ1v) is 7.04. The summed E-state index contributed by atoms with van der Waals surface area (Å²) in [5.41, 5.74) is 5.63. The van der Waals surface area contributed by atoms with E-state index in [9.17, 15) is 9.59 Å². The number of anilines is 1. The van der Waals surface area contributed by atoms with Crippen molar-refractivity contribution >= 4 is 17.5 Å². The zero-order valence-corrected chi connectivity index (χ0v) is 11.7. The molecule has 1 atom stereocenters. The van der Waals surface area contributed by atoms with E-state index in [0.717, 1.165) is 32.2 Å². The third kappa shape index (κ3) is 2.82. The molecule has 1 unspecified atom stereocenters. The number of amides is 2. The van der Waals surface area contributed by atoms with Crippen molar-refractivity contribution in [3.05, 3.63) is 29.8 Å². The zero-order chi connectivity index (χ0) is 14.6. The van der Waals surface area contributed by atoms with E-state index in [1.165, 1.54) is 0 Å². The lowest BCUT2D eigenvalue weighted by molar-refractivity contribution is -0.122. The van der Waals surface area contributed by atoms with E-state index in [-0.39, 0.29) is 5.91 Å². The molecule has 0 spiro atoms. The Morgan fingerprint density at radius 2 is 2.15 bits per heavy atom. The molecule has 0 bridgehead atoms. The summed E-state index contributed by atoms with van der Waals surface area (Å²) < 4.78 is 0. The summed E-state index contributed by atoms with van der Waals surface area (Å²) in [6.45, 7) is 2.91. The summed E-state index contributed by atoms with van der Waals surface area (Å²) in [4.78, 5) is 24.0. The van der Waals surface area contributed by atoms with E-state index in [1.807, 2.05) is 0 Å². The Hall–Kier alpha value is -1.88. The predicted octanol–water partition coefficient (Wildman–Crippen LogP) is 1.65. The molecule has 1 heterocycles. The van der Waals surface area contributed by atoms with Crippen molar-refractivity contribution in [3.63, 3.8) is 0 Å². The SMILES string of the molecule is CCCC1(C(=O)Nc2ccccc2C(N)=O)CCCN1. The highest BCUT2D eigenvalue weighted by Crippen LogP contribution is 2.27. The maximum atomic E-state index is 12.6. The van der Waals surface area contributed by atoms with Gasteiger partial charge in [0.15, 0.2) is 0 Å². The molecule has 108 valence electrons. The molecule has 0 aromatic heterocycles. The smallest absolute Gasteiger partial charge is 0.250 e. The first kappa shape index (κ1) is 14.5. The summed E-state index contributed by atoms with van der Waals surface area (Å²) in [6, 6.07) is 6.82. The number of carbonyl (C=O) groups is 2. The Labute approximate surface area is 118 Å². The van der Waals surface area contributed by atoms with Crippen LogP contribution >= 0.6 is 0 Å². The molecule has 1 aliphatic rings. The van der Waals surface area contributed by atoms with Crippen LogP contribution in [0.5, 0.6) is 0 Å². The van der Waals surface area contributed by atoms with E-state index < -0.39 is 11.4 Å². The molecule has 5 nitrogen and oxygen atoms in total. The molecular weight excluding hydrogens is 254 g/mol. The Morgan fingerprint density at radius 3 is 2.75 bits per heavy atom. The van der Waals surface area contributed by atoms with Gasteiger partial charge in [-0.25, -0.2) is 0 Å². The fourth-order valence-corrected chi connectivity index (χ4v) is 2.80. The predicted molar refractivity (Wildman–Crippen MR) is 78.5 cm³/mol. The first-order valence-electron chi connectivity index (χ1n) is 7.04. The molecule has 20 heavy (non-hydrogen) atoms. The number of carbonyl (C=O) groups excluding carboxylic acids is 2. The number of nitrogens with two attached hydrogens (primary N) is 1. The molecule has 0 radical (unpaired) electrons. The van der Waals surface area contributed by atoms with E-state index in [1.54, 1.807) is 24.3 Å². The van der Waals surface area contributed by atoms with Crippen molar-refractivity contribution in [2.45, 2.75) is 38.1 Å². The Bertz CT molecular complexity index is 508. The Balaban J connectivity index is 2.21. The lowest BCUT2D eigenvalue weighted by Gasteiger charge is -2.28. The van der Waals surface area contributed by atoms with Gasteiger partial charge in [-0.1, -0.05) is 25.5 Å². The number of nitrogens with one attached hydrogen (secondary N) is 2. The number of rotatable bonds is 5. The minimum Gasteiger partial charge on any atom is -0.366 e. The van der Waals surface area contributed by atoms with Crippen LogP contribution in [0.2, 0.25) is 0 Å². The summed E-state index contributed by atoms with van der Waals surface area (Å²) in [6.07, 6.45) is 3.53. The topological polar surface area (TPSA) is 84.2 Å². The molecule has 2 rings (SSSR count). The van der Waals surface area contributed by atoms with Gasteiger partial charge in [-0.2, -0.15) is 0 Å². The van der Waals surface area contributed by atoms with Gasteiger partial charge in [-0.3, -0.25) is 9.59 Å². The molecule has 1 saturated heterocycles. The van der Waals surface area contributed by atoms with Crippen LogP contribution in [0.1, 0.15) is 43.0 Å². The van der Waals surface area contributed by atoms with Gasteiger partial charge in [0.05, 0.1) is 16.8 Å². The number of primary amides is 1. The summed E-state index contributed by atoms with van der Waals surface area (Å²) in [5.74, 6) is -0.615. The highest BCUT2D eigenvalue weighted by molar-refractivity contribution is 6.05. The second kappa shape index (κ2) is 6.05. The molecule has 1 aromatic rings. The normalized spacial score (nSPS) is 21.6. The van der Waals surface area contributed by atoms with Gasteiger partial charge in [0.25, 0.3) is 5.91 Å². The fourth-order valence-electron chi connectivity index (χ4n) is 2.80. The first-order chi connectivity index (χ1) is 9.59. The van der Waals surface area contributed by atoms with Gasteiger partial charge in [-0.05, 0) is 37.9 Å². The number of benzene rings is 1. The van der Waals surface area contributed by atoms with E-state index >= 15 is 0 Å². The quantitative estimate of drug-likeness (QED) is 0.764. The average molecular weight is 275 g/mol. The molecule has 1 aromatic carbocycles. The molecule has 1 aliphatic heterocycles. The third-order valence-corrected chi connectivity index (χ3v) is 3.80. The van der Waals surface area contributed by atoms with Crippen molar-refractivity contribution in [3.8, 4) is 0 Å². The van der Waals surface area contributed by atoms with Crippen molar-refractivity contribution < 1.29 is 9.59 Å². The standard InChI is InChI=1S/C15H21N3O2/c1-2-8-15(9-5-10-17-15)14(20)18-12-7-4-3-6-11(12)13(16)19/h3-4,6-7,17H,2,5,8-10H2,1H3,(H2,16,19)(H,18,20). The van der Waals surface area contributed by atoms with Gasteiger partial charge in [0, 0.05) is 0 Å². The summed E-state index contributed by atoms with van der Waals surface area (Å²) in [5, 5.41) is 6.17. The van der Waals surface area contributed by atoms with Crippen molar-refractivity contribution in [2.75, 3.05) is 11.9 Å². The average Bonchev–Trinajstić information content (AvgIpc) is 2.89. The van der Waals surface area contributed by atoms with Crippen LogP contribution in [0.15, 0.2) is 24.3 Å². The minimum absolute atomic E-state index is 0.0782. The zero-order valence-electron chi connectivity index (χ0n) is 11.7. The van der Waals surface area contributed by atoms with Crippen molar-refractivity contribution in [1.82, 2.24) is 5.32 Å². The summed E-state index contributed by atoms with van der Waals surface area (Å²) in [7, 11) is 0. The van der Waals surface area contributed by atoms with Gasteiger partial charge < -0.3 is 16.4 Å². The monoisotopic (exact) mass is 275 g/mol. The van der Waals surface area contributed by atoms with E-state index in [4.69, 9.17) is 5.73 Å². The van der Waals surface area contributed by atoms with Crippen LogP contribution in [0.25, 0.3) is 0 Å². The van der Waals surface area contributed by atoms with Crippen molar-refractivity contribution in [2.24, 2.45) is 5.73 Å². The molecule has 4 N–H and O–H groups in total. The molecule has 0 saturated carbocycles. The van der Waals surface area contributed by atoms with Crippen LogP contribution in [-0.2, 0) is 4.79 Å². The molecular formula is C15H21N3O2. The molecule has 0 aliphatic carbocycles. The Kier molecular flexibility index (Phi) is 4.39. The number of para-hydroxylation sites is 1. The van der Waals surface area contributed by atoms with Crippen LogP contribution in [0.3, 0.4) is 0 Å². The molecule has 5 heteroatoms. The highest BCUT2D eigenvalue weighted by Gasteiger charge is 2.40. The van der Waals surface area contributed by atoms with Gasteiger partial charge in [0.2, 0.25) is 5.91 Å². The van der Waals surface area contributed by atoms with E-state index in [0.29, 0.717) is 11.3 Å². The number of hydrogen-bond donors (Lipinski definition) is 3. The maximum absolute atomic E-state index is 12.6. The van der Waals surface area contributed by atoms with Crippen LogP contribution in [-0.4, -0.2) is 23.9 Å². The summed E-state index contributed by atoms with van der Waals surface area (Å²) >= 11 is 0. The second-order valence-electron chi connectivity index (χ2n) is 5.23. The van der Waals surface area contributed by atoms with Gasteiger partial charge in [-0.15, -0.1) is 0 Å². The van der Waals surface area contributed by atoms with Crippen LogP contribution < -0.4 is 16.4 Å². The van der Waals surface area contributed by atoms with Crippen molar-refractivity contribution in [1.29, 1.82) is 0 Å². The lowest BCUT2D eigenvalue weighted by Crippen LogP contribution is -2.50. The fraction of sp³-hybridized carbons (Fsp3) is 0.467. The van der Waals surface area contributed by atoms with Crippen LogP contribution in [0, 0.1) is 0 Å². The van der Waals surface area contributed by atoms with Gasteiger partial charge >= 0.3 is 0 Å². The number of hydrogen-bond acceptors (Lipinski definition) is 3.